The first kappa shape index (κ1) is 12.7. The van der Waals surface area contributed by atoms with E-state index in [0.717, 1.165) is 24.5 Å². The summed E-state index contributed by atoms with van der Waals surface area (Å²) in [7, 11) is 3.53. The fourth-order valence-electron chi connectivity index (χ4n) is 1.49. The zero-order valence-corrected chi connectivity index (χ0v) is 10.4. The van der Waals surface area contributed by atoms with E-state index >= 15 is 0 Å². The number of aromatic nitrogens is 2. The molecule has 5 heteroatoms. The molecule has 1 aromatic rings. The van der Waals surface area contributed by atoms with Crippen LogP contribution in [0.25, 0.3) is 0 Å². The Kier molecular flexibility index (Phi) is 4.98. The molecule has 16 heavy (non-hydrogen) atoms. The largest absolute Gasteiger partial charge is 0.383 e. The van der Waals surface area contributed by atoms with Crippen LogP contribution in [-0.4, -0.2) is 43.8 Å². The molecule has 0 aliphatic rings. The lowest BCUT2D eigenvalue weighted by molar-refractivity contribution is 0.205. The van der Waals surface area contributed by atoms with Gasteiger partial charge in [0.15, 0.2) is 0 Å². The molecule has 5 nitrogen and oxygen atoms in total. The molecule has 0 aliphatic carbocycles. The fraction of sp³-hybridized carbons (Fsp3) is 0.636. The van der Waals surface area contributed by atoms with Crippen molar-refractivity contribution >= 4 is 11.8 Å². The molecule has 1 N–H and O–H groups in total. The highest BCUT2D eigenvalue weighted by atomic mass is 16.5. The van der Waals surface area contributed by atoms with Gasteiger partial charge in [-0.2, -0.15) is 4.98 Å². The molecule has 0 radical (unpaired) electrons. The SMILES string of the molecule is CCN(CCOC)c1nc(NC)ncc1C. The highest BCUT2D eigenvalue weighted by Gasteiger charge is 2.10. The van der Waals surface area contributed by atoms with Gasteiger partial charge in [-0.3, -0.25) is 0 Å². The van der Waals surface area contributed by atoms with E-state index < -0.39 is 0 Å². The highest BCUT2D eigenvalue weighted by Crippen LogP contribution is 2.17. The van der Waals surface area contributed by atoms with Crippen molar-refractivity contribution in [2.45, 2.75) is 13.8 Å². The Bertz CT molecular complexity index is 330. The number of likely N-dealkylation sites (N-methyl/N-ethyl adjacent to an activating group) is 1. The molecule has 0 atom stereocenters. The second kappa shape index (κ2) is 6.27. The van der Waals surface area contributed by atoms with E-state index in [2.05, 4.69) is 27.1 Å². The van der Waals surface area contributed by atoms with Crippen LogP contribution in [0.4, 0.5) is 11.8 Å². The molecular weight excluding hydrogens is 204 g/mol. The van der Waals surface area contributed by atoms with Crippen LogP contribution in [0.5, 0.6) is 0 Å². The summed E-state index contributed by atoms with van der Waals surface area (Å²) >= 11 is 0. The van der Waals surface area contributed by atoms with Crippen molar-refractivity contribution in [3.05, 3.63) is 11.8 Å². The predicted octanol–water partition coefficient (Wildman–Crippen LogP) is 1.30. The summed E-state index contributed by atoms with van der Waals surface area (Å²) in [6.45, 7) is 6.57. The van der Waals surface area contributed by atoms with E-state index in [4.69, 9.17) is 4.74 Å². The summed E-state index contributed by atoms with van der Waals surface area (Å²) in [6, 6.07) is 0. The highest BCUT2D eigenvalue weighted by molar-refractivity contribution is 5.48. The second-order valence-electron chi connectivity index (χ2n) is 3.52. The Morgan fingerprint density at radius 2 is 2.25 bits per heavy atom. The third-order valence-electron chi connectivity index (χ3n) is 2.42. The number of hydrogen-bond acceptors (Lipinski definition) is 5. The molecule has 0 aromatic carbocycles. The number of anilines is 2. The van der Waals surface area contributed by atoms with Crippen LogP contribution in [-0.2, 0) is 4.74 Å². The molecule has 0 spiro atoms. The van der Waals surface area contributed by atoms with Crippen LogP contribution < -0.4 is 10.2 Å². The zero-order valence-electron chi connectivity index (χ0n) is 10.4. The van der Waals surface area contributed by atoms with Crippen molar-refractivity contribution in [2.75, 3.05) is 44.1 Å². The van der Waals surface area contributed by atoms with Gasteiger partial charge in [0.05, 0.1) is 6.61 Å². The van der Waals surface area contributed by atoms with Gasteiger partial charge in [-0.15, -0.1) is 0 Å². The molecule has 0 aliphatic heterocycles. The third-order valence-corrected chi connectivity index (χ3v) is 2.42. The maximum atomic E-state index is 5.09. The first-order valence-corrected chi connectivity index (χ1v) is 5.48. The number of nitrogens with zero attached hydrogens (tertiary/aromatic N) is 3. The molecule has 0 saturated heterocycles. The zero-order chi connectivity index (χ0) is 12.0. The monoisotopic (exact) mass is 224 g/mol. The van der Waals surface area contributed by atoms with Crippen LogP contribution in [0, 0.1) is 6.92 Å². The van der Waals surface area contributed by atoms with Crippen molar-refractivity contribution in [3.63, 3.8) is 0 Å². The minimum Gasteiger partial charge on any atom is -0.383 e. The minimum absolute atomic E-state index is 0.650. The molecule has 0 bridgehead atoms. The molecule has 0 amide bonds. The van der Waals surface area contributed by atoms with E-state index in [1.54, 1.807) is 7.11 Å². The van der Waals surface area contributed by atoms with Crippen molar-refractivity contribution in [1.29, 1.82) is 0 Å². The number of nitrogens with one attached hydrogen (secondary N) is 1. The van der Waals surface area contributed by atoms with Crippen LogP contribution in [0.15, 0.2) is 6.20 Å². The second-order valence-corrected chi connectivity index (χ2v) is 3.52. The van der Waals surface area contributed by atoms with Crippen molar-refractivity contribution < 1.29 is 4.74 Å². The molecule has 1 rings (SSSR count). The molecule has 1 heterocycles. The summed E-state index contributed by atoms with van der Waals surface area (Å²) in [5, 5.41) is 2.95. The summed E-state index contributed by atoms with van der Waals surface area (Å²) in [5.41, 5.74) is 1.08. The molecule has 90 valence electrons. The van der Waals surface area contributed by atoms with Gasteiger partial charge >= 0.3 is 0 Å². The van der Waals surface area contributed by atoms with Gasteiger partial charge in [-0.1, -0.05) is 0 Å². The van der Waals surface area contributed by atoms with Gasteiger partial charge in [0.2, 0.25) is 5.95 Å². The average Bonchev–Trinajstić information content (AvgIpc) is 2.32. The van der Waals surface area contributed by atoms with Gasteiger partial charge in [-0.05, 0) is 13.8 Å². The Balaban J connectivity index is 2.89. The molecule has 0 fully saturated rings. The summed E-state index contributed by atoms with van der Waals surface area (Å²) in [4.78, 5) is 10.8. The average molecular weight is 224 g/mol. The molecule has 0 saturated carbocycles. The van der Waals surface area contributed by atoms with Crippen LogP contribution in [0.1, 0.15) is 12.5 Å². The molecule has 1 aromatic heterocycles. The van der Waals surface area contributed by atoms with E-state index in [1.807, 2.05) is 20.2 Å². The minimum atomic E-state index is 0.650. The van der Waals surface area contributed by atoms with Gasteiger partial charge in [0.1, 0.15) is 5.82 Å². The first-order chi connectivity index (χ1) is 7.72. The third kappa shape index (κ3) is 3.06. The van der Waals surface area contributed by atoms with Crippen LogP contribution >= 0.6 is 0 Å². The van der Waals surface area contributed by atoms with E-state index in [-0.39, 0.29) is 0 Å². The number of hydrogen-bond donors (Lipinski definition) is 1. The van der Waals surface area contributed by atoms with Gasteiger partial charge in [0, 0.05) is 39.0 Å². The fourth-order valence-corrected chi connectivity index (χ4v) is 1.49. The Labute approximate surface area is 96.8 Å². The molecule has 0 unspecified atom stereocenters. The first-order valence-electron chi connectivity index (χ1n) is 5.48. The Morgan fingerprint density at radius 1 is 1.50 bits per heavy atom. The molecular formula is C11H20N4O. The summed E-state index contributed by atoms with van der Waals surface area (Å²) in [5.74, 6) is 1.62. The summed E-state index contributed by atoms with van der Waals surface area (Å²) in [6.07, 6.45) is 1.84. The number of methoxy groups -OCH3 is 1. The van der Waals surface area contributed by atoms with Crippen molar-refractivity contribution in [1.82, 2.24) is 9.97 Å². The van der Waals surface area contributed by atoms with Crippen LogP contribution in [0.2, 0.25) is 0 Å². The normalized spacial score (nSPS) is 10.2. The van der Waals surface area contributed by atoms with E-state index in [0.29, 0.717) is 12.6 Å². The topological polar surface area (TPSA) is 50.3 Å². The lowest BCUT2D eigenvalue weighted by atomic mass is 10.3. The Hall–Kier alpha value is -1.36. The lowest BCUT2D eigenvalue weighted by Gasteiger charge is -2.23. The van der Waals surface area contributed by atoms with Gasteiger partial charge in [-0.25, -0.2) is 4.98 Å². The maximum Gasteiger partial charge on any atom is 0.224 e. The smallest absolute Gasteiger partial charge is 0.224 e. The maximum absolute atomic E-state index is 5.09. The number of ether oxygens (including phenoxy) is 1. The number of aryl methyl sites for hydroxylation is 1. The predicted molar refractivity (Wildman–Crippen MR) is 66.1 cm³/mol. The standard InChI is InChI=1S/C11H20N4O/c1-5-15(6-7-16-4)10-9(2)8-13-11(12-3)14-10/h8H,5-7H2,1-4H3,(H,12,13,14). The Morgan fingerprint density at radius 3 is 2.81 bits per heavy atom. The summed E-state index contributed by atoms with van der Waals surface area (Å²) < 4.78 is 5.09. The quantitative estimate of drug-likeness (QED) is 0.789. The lowest BCUT2D eigenvalue weighted by Crippen LogP contribution is -2.28. The van der Waals surface area contributed by atoms with E-state index in [1.165, 1.54) is 0 Å². The number of rotatable bonds is 6. The van der Waals surface area contributed by atoms with Crippen molar-refractivity contribution in [2.24, 2.45) is 0 Å². The van der Waals surface area contributed by atoms with Gasteiger partial charge < -0.3 is 15.0 Å². The van der Waals surface area contributed by atoms with Gasteiger partial charge in [0.25, 0.3) is 0 Å². The van der Waals surface area contributed by atoms with E-state index in [9.17, 15) is 0 Å². The van der Waals surface area contributed by atoms with Crippen LogP contribution in [0.3, 0.4) is 0 Å². The van der Waals surface area contributed by atoms with Crippen molar-refractivity contribution in [3.8, 4) is 0 Å².